The zero-order valence-corrected chi connectivity index (χ0v) is 11.0. The van der Waals surface area contributed by atoms with Gasteiger partial charge in [0, 0.05) is 29.4 Å². The van der Waals surface area contributed by atoms with Crippen LogP contribution >= 0.6 is 23.1 Å². The number of nitrogens with two attached hydrogens (primary N) is 1. The number of rotatable bonds is 6. The highest BCUT2D eigenvalue weighted by Crippen LogP contribution is 2.19. The summed E-state index contributed by atoms with van der Waals surface area (Å²) in [5.74, 6) is 6.43. The van der Waals surface area contributed by atoms with Crippen LogP contribution in [0.5, 0.6) is 0 Å². The van der Waals surface area contributed by atoms with Gasteiger partial charge in [-0.1, -0.05) is 11.3 Å². The first kappa shape index (κ1) is 12.8. The number of nitrogen functional groups attached to an aromatic ring is 1. The molecule has 6 heteroatoms. The quantitative estimate of drug-likeness (QED) is 0.590. The molecule has 3 N–H and O–H groups in total. The van der Waals surface area contributed by atoms with Gasteiger partial charge in [0.25, 0.3) is 0 Å². The Morgan fingerprint density at radius 3 is 3.00 bits per heavy atom. The molecule has 0 saturated carbocycles. The largest absolute Gasteiger partial charge is 0.300 e. The molecule has 0 aliphatic heterocycles. The van der Waals surface area contributed by atoms with E-state index in [1.54, 1.807) is 11.3 Å². The molecule has 0 saturated heterocycles. The van der Waals surface area contributed by atoms with Crippen LogP contribution in [0.1, 0.15) is 11.8 Å². The van der Waals surface area contributed by atoms with E-state index in [2.05, 4.69) is 35.5 Å². The number of thiazole rings is 1. The lowest BCUT2D eigenvalue weighted by molar-refractivity contribution is 0.272. The molecule has 0 bridgehead atoms. The summed E-state index contributed by atoms with van der Waals surface area (Å²) in [6.07, 6.45) is 4.01. The third-order valence-corrected chi connectivity index (χ3v) is 3.97. The Hall–Kier alpha value is -0.300. The number of hydrogen-bond acceptors (Lipinski definition) is 6. The van der Waals surface area contributed by atoms with Crippen molar-refractivity contribution in [2.45, 2.75) is 19.5 Å². The van der Waals surface area contributed by atoms with E-state index in [1.165, 1.54) is 4.88 Å². The molecule has 0 radical (unpaired) electrons. The van der Waals surface area contributed by atoms with Crippen molar-refractivity contribution in [3.8, 4) is 0 Å². The van der Waals surface area contributed by atoms with Crippen LogP contribution in [0.15, 0.2) is 6.20 Å². The Morgan fingerprint density at radius 1 is 1.73 bits per heavy atom. The van der Waals surface area contributed by atoms with Gasteiger partial charge in [-0.05, 0) is 20.2 Å². The molecule has 1 unspecified atom stereocenters. The summed E-state index contributed by atoms with van der Waals surface area (Å²) in [6, 6.07) is 0.580. The predicted octanol–water partition coefficient (Wildman–Crippen LogP) is 1.61. The average Bonchev–Trinajstić information content (AvgIpc) is 2.66. The van der Waals surface area contributed by atoms with Crippen molar-refractivity contribution in [2.75, 3.05) is 24.5 Å². The topological polar surface area (TPSA) is 54.2 Å². The third-order valence-electron chi connectivity index (χ3n) is 2.24. The zero-order chi connectivity index (χ0) is 11.3. The highest BCUT2D eigenvalue weighted by Gasteiger charge is 2.10. The molecule has 1 rings (SSSR count). The van der Waals surface area contributed by atoms with Crippen molar-refractivity contribution in [1.82, 2.24) is 9.88 Å². The van der Waals surface area contributed by atoms with E-state index in [1.807, 2.05) is 18.0 Å². The molecule has 1 heterocycles. The minimum Gasteiger partial charge on any atom is -0.300 e. The summed E-state index contributed by atoms with van der Waals surface area (Å²) >= 11 is 3.47. The van der Waals surface area contributed by atoms with Gasteiger partial charge in [0.1, 0.15) is 0 Å². The number of thioether (sulfide) groups is 1. The van der Waals surface area contributed by atoms with E-state index < -0.39 is 0 Å². The number of nitrogens with one attached hydrogen (secondary N) is 1. The lowest BCUT2D eigenvalue weighted by Crippen LogP contribution is -2.30. The molecule has 1 atom stereocenters. The Balaban J connectivity index is 2.46. The third kappa shape index (κ3) is 3.98. The van der Waals surface area contributed by atoms with E-state index in [0.29, 0.717) is 6.04 Å². The minimum absolute atomic E-state index is 0.580. The van der Waals surface area contributed by atoms with Gasteiger partial charge in [-0.25, -0.2) is 10.8 Å². The summed E-state index contributed by atoms with van der Waals surface area (Å²) in [6.45, 7) is 3.17. The Kier molecular flexibility index (Phi) is 5.38. The van der Waals surface area contributed by atoms with Gasteiger partial charge in [0.05, 0.1) is 0 Å². The van der Waals surface area contributed by atoms with Crippen molar-refractivity contribution < 1.29 is 0 Å². The van der Waals surface area contributed by atoms with Gasteiger partial charge in [0.2, 0.25) is 0 Å². The maximum Gasteiger partial charge on any atom is 0.197 e. The average molecular weight is 246 g/mol. The van der Waals surface area contributed by atoms with Crippen LogP contribution in [0, 0.1) is 0 Å². The Labute approximate surface area is 99.2 Å². The molecule has 0 spiro atoms. The summed E-state index contributed by atoms with van der Waals surface area (Å²) < 4.78 is 0. The molecular formula is C9H18N4S2. The van der Waals surface area contributed by atoms with Gasteiger partial charge >= 0.3 is 0 Å². The van der Waals surface area contributed by atoms with Gasteiger partial charge in [-0.15, -0.1) is 0 Å². The second-order valence-electron chi connectivity index (χ2n) is 3.50. The van der Waals surface area contributed by atoms with Crippen LogP contribution in [0.25, 0.3) is 0 Å². The normalized spacial score (nSPS) is 13.1. The van der Waals surface area contributed by atoms with Crippen LogP contribution in [0.3, 0.4) is 0 Å². The van der Waals surface area contributed by atoms with Crippen LogP contribution in [-0.4, -0.2) is 35.0 Å². The van der Waals surface area contributed by atoms with Gasteiger partial charge in [-0.3, -0.25) is 10.3 Å². The second kappa shape index (κ2) is 6.32. The Bertz CT molecular complexity index is 289. The first-order valence-electron chi connectivity index (χ1n) is 4.78. The molecule has 86 valence electrons. The number of hydrazine groups is 1. The predicted molar refractivity (Wildman–Crippen MR) is 69.2 cm³/mol. The smallest absolute Gasteiger partial charge is 0.197 e. The molecule has 0 aromatic carbocycles. The molecule has 0 aliphatic rings. The molecule has 1 aromatic rings. The molecule has 0 aliphatic carbocycles. The lowest BCUT2D eigenvalue weighted by Gasteiger charge is -2.22. The number of aromatic nitrogens is 1. The first-order valence-corrected chi connectivity index (χ1v) is 6.99. The van der Waals surface area contributed by atoms with Crippen LogP contribution in [0.4, 0.5) is 5.13 Å². The van der Waals surface area contributed by atoms with Crippen molar-refractivity contribution in [3.05, 3.63) is 11.1 Å². The highest BCUT2D eigenvalue weighted by atomic mass is 32.2. The number of nitrogens with zero attached hydrogens (tertiary/aromatic N) is 2. The Morgan fingerprint density at radius 2 is 2.47 bits per heavy atom. The molecule has 1 aromatic heterocycles. The fraction of sp³-hybridized carbons (Fsp3) is 0.667. The van der Waals surface area contributed by atoms with Crippen LogP contribution in [-0.2, 0) is 6.54 Å². The maximum atomic E-state index is 5.28. The zero-order valence-electron chi connectivity index (χ0n) is 9.36. The van der Waals surface area contributed by atoms with Crippen molar-refractivity contribution >= 4 is 28.2 Å². The summed E-state index contributed by atoms with van der Waals surface area (Å²) in [7, 11) is 2.14. The van der Waals surface area contributed by atoms with Gasteiger partial charge in [0.15, 0.2) is 5.13 Å². The van der Waals surface area contributed by atoms with Crippen molar-refractivity contribution in [1.29, 1.82) is 0 Å². The van der Waals surface area contributed by atoms with E-state index in [9.17, 15) is 0 Å². The molecular weight excluding hydrogens is 228 g/mol. The lowest BCUT2D eigenvalue weighted by atomic mass is 10.3. The molecule has 0 amide bonds. The van der Waals surface area contributed by atoms with Gasteiger partial charge in [-0.2, -0.15) is 11.8 Å². The summed E-state index contributed by atoms with van der Waals surface area (Å²) in [4.78, 5) is 7.70. The minimum atomic E-state index is 0.580. The standard InChI is InChI=1S/C9H18N4S2/c1-7(6-14-3)13(2)5-8-4-11-9(12-10)15-8/h4,7H,5-6,10H2,1-3H3,(H,11,12). The fourth-order valence-corrected chi connectivity index (χ4v) is 2.74. The van der Waals surface area contributed by atoms with Crippen molar-refractivity contribution in [2.24, 2.45) is 5.84 Å². The summed E-state index contributed by atoms with van der Waals surface area (Å²) in [5.41, 5.74) is 2.56. The molecule has 15 heavy (non-hydrogen) atoms. The van der Waals surface area contributed by atoms with Crippen LogP contribution in [0.2, 0.25) is 0 Å². The van der Waals surface area contributed by atoms with Gasteiger partial charge < -0.3 is 0 Å². The van der Waals surface area contributed by atoms with Crippen LogP contribution < -0.4 is 11.3 Å². The maximum absolute atomic E-state index is 5.28. The highest BCUT2D eigenvalue weighted by molar-refractivity contribution is 7.98. The monoisotopic (exact) mass is 246 g/mol. The SMILES string of the molecule is CSCC(C)N(C)Cc1cnc(NN)s1. The van der Waals surface area contributed by atoms with E-state index in [4.69, 9.17) is 5.84 Å². The second-order valence-corrected chi connectivity index (χ2v) is 5.52. The molecule has 4 nitrogen and oxygen atoms in total. The fourth-order valence-electron chi connectivity index (χ4n) is 1.22. The number of hydrogen-bond donors (Lipinski definition) is 2. The van der Waals surface area contributed by atoms with E-state index in [-0.39, 0.29) is 0 Å². The number of anilines is 1. The first-order chi connectivity index (χ1) is 7.17. The van der Waals surface area contributed by atoms with E-state index >= 15 is 0 Å². The molecule has 0 fully saturated rings. The summed E-state index contributed by atoms with van der Waals surface area (Å²) in [5, 5.41) is 0.774. The van der Waals surface area contributed by atoms with E-state index in [0.717, 1.165) is 17.4 Å². The van der Waals surface area contributed by atoms with Crippen molar-refractivity contribution in [3.63, 3.8) is 0 Å².